The Morgan fingerprint density at radius 3 is 1.07 bits per heavy atom. The molecule has 2 aliphatic rings. The van der Waals surface area contributed by atoms with Gasteiger partial charge in [-0.3, -0.25) is 4.79 Å². The lowest BCUT2D eigenvalue weighted by molar-refractivity contribution is -0.359. The van der Waals surface area contributed by atoms with Crippen molar-refractivity contribution in [3.05, 3.63) is 146 Å². The summed E-state index contributed by atoms with van der Waals surface area (Å²) in [5.74, 6) is -0.267. The molecule has 0 aromatic carbocycles. The molecule has 1 amide bonds. The van der Waals surface area contributed by atoms with Gasteiger partial charge in [0, 0.05) is 6.42 Å². The van der Waals surface area contributed by atoms with Crippen molar-refractivity contribution in [3.63, 3.8) is 0 Å². The molecule has 12 unspecified atom stereocenters. The van der Waals surface area contributed by atoms with Gasteiger partial charge in [0.1, 0.15) is 48.8 Å². The van der Waals surface area contributed by atoms with E-state index in [9.17, 15) is 45.6 Å². The van der Waals surface area contributed by atoms with E-state index in [2.05, 4.69) is 153 Å². The van der Waals surface area contributed by atoms with Gasteiger partial charge < -0.3 is 65.1 Å². The van der Waals surface area contributed by atoms with Gasteiger partial charge in [-0.25, -0.2) is 0 Å². The van der Waals surface area contributed by atoms with Crippen molar-refractivity contribution in [2.75, 3.05) is 19.8 Å². The summed E-state index contributed by atoms with van der Waals surface area (Å²) in [4.78, 5) is 13.4. The second kappa shape index (κ2) is 70.8. The van der Waals surface area contributed by atoms with Gasteiger partial charge in [-0.1, -0.05) is 346 Å². The van der Waals surface area contributed by atoms with Gasteiger partial charge in [0.25, 0.3) is 0 Å². The summed E-state index contributed by atoms with van der Waals surface area (Å²) in [7, 11) is 0. The Bertz CT molecular complexity index is 2300. The van der Waals surface area contributed by atoms with E-state index in [4.69, 9.17) is 18.9 Å². The topological polar surface area (TPSA) is 228 Å². The fourth-order valence-corrected chi connectivity index (χ4v) is 12.8. The number of carbonyl (C=O) groups is 1. The van der Waals surface area contributed by atoms with Crippen LogP contribution in [-0.4, -0.2) is 140 Å². The average molecular weight is 1440 g/mol. The van der Waals surface area contributed by atoms with Crippen LogP contribution >= 0.6 is 0 Å². The van der Waals surface area contributed by atoms with E-state index >= 15 is 0 Å². The van der Waals surface area contributed by atoms with Gasteiger partial charge in [-0.05, 0) is 109 Å². The average Bonchev–Trinajstić information content (AvgIpc) is 0.791. The summed E-state index contributed by atoms with van der Waals surface area (Å²) in [6.45, 7) is 2.68. The zero-order valence-electron chi connectivity index (χ0n) is 64.8. The number of amides is 1. The van der Waals surface area contributed by atoms with Crippen molar-refractivity contribution < 1.29 is 64.6 Å². The van der Waals surface area contributed by atoms with Crippen molar-refractivity contribution in [2.45, 2.75) is 389 Å². The zero-order chi connectivity index (χ0) is 74.4. The second-order valence-electron chi connectivity index (χ2n) is 28.5. The van der Waals surface area contributed by atoms with E-state index in [1.54, 1.807) is 6.08 Å². The lowest BCUT2D eigenvalue weighted by Gasteiger charge is -2.46. The maximum atomic E-state index is 13.4. The van der Waals surface area contributed by atoms with Crippen molar-refractivity contribution in [1.29, 1.82) is 0 Å². The molecule has 12 atom stereocenters. The summed E-state index contributed by atoms with van der Waals surface area (Å²) >= 11 is 0. The van der Waals surface area contributed by atoms with Gasteiger partial charge in [0.05, 0.1) is 32.0 Å². The van der Waals surface area contributed by atoms with Gasteiger partial charge in [-0.2, -0.15) is 0 Å². The molecule has 0 bridgehead atoms. The van der Waals surface area contributed by atoms with Crippen LogP contribution in [0.2, 0.25) is 0 Å². The standard InChI is InChI=1S/C89H151NO13/c1-3-5-7-9-11-13-15-17-19-21-23-25-27-29-31-33-35-37-38-39-40-41-43-45-47-49-51-53-55-57-59-61-63-65-67-69-71-73-81(94)90-77(76-100-88-86(99)84(97)87(80(75-92)102-88)103-89-85(98)83(96)82(95)79(74-91)101-89)78(93)72-70-68-66-64-62-60-58-56-54-52-50-48-46-44-42-36-34-32-30-28-26-24-22-20-18-16-14-12-10-8-6-4-2/h5,7,11,13,17,19,23,25,29,31,35,37,39-40,43,45,49,51,55,57,62,64,70,72,77-80,82-89,91-93,95-99H,3-4,6,8-10,12,14-16,18,20-22,24,26-28,30,32-34,36,38,41-42,44,46-48,50,52-54,56,58-61,63,65-69,71,73-76H2,1-2H3,(H,90,94)/b7-5-,13-11-,19-17-,25-23-,31-29-,37-35-,40-39-,45-43-,51-49-,57-55-,64-62+,72-70+. The third-order valence-electron chi connectivity index (χ3n) is 19.3. The Hall–Kier alpha value is -4.13. The minimum atomic E-state index is -1.80. The molecule has 2 heterocycles. The van der Waals surface area contributed by atoms with Crippen LogP contribution in [0, 0.1) is 0 Å². The number of allylic oxidation sites excluding steroid dienone is 23. The highest BCUT2D eigenvalue weighted by Crippen LogP contribution is 2.30. The normalized spacial score (nSPS) is 22.3. The fraction of sp³-hybridized carbons (Fsp3) is 0.719. The van der Waals surface area contributed by atoms with Gasteiger partial charge in [0.2, 0.25) is 5.91 Å². The Kier molecular flexibility index (Phi) is 65.3. The molecule has 14 heteroatoms. The molecule has 2 aliphatic heterocycles. The summed E-state index contributed by atoms with van der Waals surface area (Å²) in [6, 6.07) is -0.953. The highest BCUT2D eigenvalue weighted by molar-refractivity contribution is 5.76. The first-order valence-corrected chi connectivity index (χ1v) is 41.6. The number of aliphatic hydroxyl groups is 8. The largest absolute Gasteiger partial charge is 0.394 e. The van der Waals surface area contributed by atoms with Crippen LogP contribution in [0.1, 0.15) is 316 Å². The minimum Gasteiger partial charge on any atom is -0.394 e. The molecule has 0 radical (unpaired) electrons. The fourth-order valence-electron chi connectivity index (χ4n) is 12.8. The van der Waals surface area contributed by atoms with Crippen LogP contribution in [0.15, 0.2) is 146 Å². The lowest BCUT2D eigenvalue weighted by atomic mass is 9.97. The lowest BCUT2D eigenvalue weighted by Crippen LogP contribution is -2.65. The van der Waals surface area contributed by atoms with E-state index < -0.39 is 86.8 Å². The van der Waals surface area contributed by atoms with E-state index in [-0.39, 0.29) is 18.9 Å². The Balaban J connectivity index is 1.65. The third-order valence-corrected chi connectivity index (χ3v) is 19.3. The van der Waals surface area contributed by atoms with Crippen molar-refractivity contribution in [1.82, 2.24) is 5.32 Å². The van der Waals surface area contributed by atoms with Gasteiger partial charge in [-0.15, -0.1) is 0 Å². The Morgan fingerprint density at radius 2 is 0.680 bits per heavy atom. The summed E-state index contributed by atoms with van der Waals surface area (Å²) in [5.41, 5.74) is 0. The molecule has 0 saturated carbocycles. The van der Waals surface area contributed by atoms with E-state index in [0.717, 1.165) is 116 Å². The summed E-state index contributed by atoms with van der Waals surface area (Å²) in [5, 5.41) is 87.7. The van der Waals surface area contributed by atoms with Crippen LogP contribution in [0.4, 0.5) is 0 Å². The molecule has 2 saturated heterocycles. The molecule has 2 fully saturated rings. The predicted molar refractivity (Wildman–Crippen MR) is 428 cm³/mol. The van der Waals surface area contributed by atoms with E-state index in [1.165, 1.54) is 167 Å². The number of hydrogen-bond donors (Lipinski definition) is 9. The van der Waals surface area contributed by atoms with Crippen molar-refractivity contribution in [3.8, 4) is 0 Å². The molecular weight excluding hydrogens is 1290 g/mol. The second-order valence-corrected chi connectivity index (χ2v) is 28.5. The molecule has 103 heavy (non-hydrogen) atoms. The maximum Gasteiger partial charge on any atom is 0.220 e. The van der Waals surface area contributed by atoms with E-state index in [0.29, 0.717) is 12.8 Å². The van der Waals surface area contributed by atoms with Crippen LogP contribution in [-0.2, 0) is 23.7 Å². The van der Waals surface area contributed by atoms with E-state index in [1.807, 2.05) is 6.08 Å². The van der Waals surface area contributed by atoms with Crippen LogP contribution in [0.5, 0.6) is 0 Å². The Morgan fingerprint density at radius 1 is 0.359 bits per heavy atom. The number of rotatable bonds is 68. The Labute approximate surface area is 627 Å². The van der Waals surface area contributed by atoms with Crippen LogP contribution < -0.4 is 5.32 Å². The van der Waals surface area contributed by atoms with Crippen molar-refractivity contribution in [2.24, 2.45) is 0 Å². The molecule has 590 valence electrons. The first-order valence-electron chi connectivity index (χ1n) is 41.6. The monoisotopic (exact) mass is 1440 g/mol. The molecule has 14 nitrogen and oxygen atoms in total. The number of ether oxygens (including phenoxy) is 4. The first kappa shape index (κ1) is 94.9. The molecule has 0 aliphatic carbocycles. The van der Waals surface area contributed by atoms with Gasteiger partial charge in [0.15, 0.2) is 12.6 Å². The molecule has 0 spiro atoms. The molecule has 2 rings (SSSR count). The molecular formula is C89H151NO13. The predicted octanol–water partition coefficient (Wildman–Crippen LogP) is 19.5. The maximum absolute atomic E-state index is 13.4. The third kappa shape index (κ3) is 53.3. The zero-order valence-corrected chi connectivity index (χ0v) is 64.8. The van der Waals surface area contributed by atoms with Crippen molar-refractivity contribution >= 4 is 5.91 Å². The molecule has 0 aromatic heterocycles. The first-order chi connectivity index (χ1) is 50.6. The summed E-state index contributed by atoms with van der Waals surface area (Å²) in [6.07, 6.45) is 90.7. The minimum absolute atomic E-state index is 0.247. The van der Waals surface area contributed by atoms with Crippen LogP contribution in [0.25, 0.3) is 0 Å². The highest BCUT2D eigenvalue weighted by Gasteiger charge is 2.51. The number of carbonyl (C=O) groups excluding carboxylic acids is 1. The van der Waals surface area contributed by atoms with Crippen LogP contribution in [0.3, 0.4) is 0 Å². The smallest absolute Gasteiger partial charge is 0.220 e. The molecule has 9 N–H and O–H groups in total. The number of nitrogens with one attached hydrogen (secondary N) is 1. The number of unbranched alkanes of at least 4 members (excludes halogenated alkanes) is 33. The number of aliphatic hydroxyl groups excluding tert-OH is 8. The molecule has 0 aromatic rings. The van der Waals surface area contributed by atoms with Gasteiger partial charge >= 0.3 is 0 Å². The number of hydrogen-bond acceptors (Lipinski definition) is 13. The SMILES string of the molecule is CC/C=C\C/C=C\C/C=C\C/C=C\C/C=C\C/C=C\C/C=C\C/C=C\C/C=C\C/C=C\CCCCCCCCC(=O)NC(COC1OC(CO)C(OC2OC(CO)C(O)C(O)C2O)C(O)C1O)C(O)/C=C/CC/C=C/CCCCCCCCCCCCCCCCCCCCCCCCCCCC. The highest BCUT2D eigenvalue weighted by atomic mass is 16.7. The summed E-state index contributed by atoms with van der Waals surface area (Å²) < 4.78 is 22.9. The quantitative estimate of drug-likeness (QED) is 0.0204.